The van der Waals surface area contributed by atoms with Gasteiger partial charge in [0.05, 0.1) is 18.4 Å². The molecule has 2 aromatic heterocycles. The van der Waals surface area contributed by atoms with Gasteiger partial charge < -0.3 is 9.32 Å². The molecule has 0 N–H and O–H groups in total. The Morgan fingerprint density at radius 3 is 2.79 bits per heavy atom. The van der Waals surface area contributed by atoms with Crippen molar-refractivity contribution in [2.24, 2.45) is 5.41 Å². The SMILES string of the molecule is CN(Cc1ccco1)C1CCC12CCN(C(=O)c1ccsc1)CC2. The molecule has 3 heterocycles. The lowest BCUT2D eigenvalue weighted by Crippen LogP contribution is -2.58. The number of amides is 1. The first-order valence-electron chi connectivity index (χ1n) is 8.72. The van der Waals surface area contributed by atoms with Crippen molar-refractivity contribution < 1.29 is 9.21 Å². The number of rotatable bonds is 4. The predicted molar refractivity (Wildman–Crippen MR) is 95.1 cm³/mol. The molecule has 1 spiro atoms. The van der Waals surface area contributed by atoms with E-state index in [2.05, 4.69) is 11.9 Å². The molecular weight excluding hydrogens is 320 g/mol. The van der Waals surface area contributed by atoms with Gasteiger partial charge in [-0.25, -0.2) is 0 Å². The van der Waals surface area contributed by atoms with E-state index in [1.165, 1.54) is 12.8 Å². The molecule has 2 aromatic rings. The van der Waals surface area contributed by atoms with Crippen LogP contribution in [0.5, 0.6) is 0 Å². The molecule has 0 bridgehead atoms. The molecule has 0 radical (unpaired) electrons. The fourth-order valence-electron chi connectivity index (χ4n) is 4.44. The summed E-state index contributed by atoms with van der Waals surface area (Å²) in [5, 5.41) is 3.93. The van der Waals surface area contributed by atoms with E-state index < -0.39 is 0 Å². The average molecular weight is 344 g/mol. The molecule has 1 amide bonds. The Hall–Kier alpha value is -1.59. The number of nitrogens with zero attached hydrogens (tertiary/aromatic N) is 2. The molecule has 2 fully saturated rings. The molecule has 4 nitrogen and oxygen atoms in total. The molecule has 0 aromatic carbocycles. The molecule has 1 atom stereocenters. The van der Waals surface area contributed by atoms with Crippen LogP contribution >= 0.6 is 11.3 Å². The summed E-state index contributed by atoms with van der Waals surface area (Å²) in [4.78, 5) is 17.0. The third-order valence-corrected chi connectivity index (χ3v) is 6.64. The second kappa shape index (κ2) is 6.37. The van der Waals surface area contributed by atoms with Crippen LogP contribution in [-0.4, -0.2) is 41.9 Å². The molecule has 1 aliphatic carbocycles. The van der Waals surface area contributed by atoms with Crippen LogP contribution in [0.15, 0.2) is 39.6 Å². The zero-order chi connectivity index (χ0) is 16.6. The first-order chi connectivity index (χ1) is 11.7. The van der Waals surface area contributed by atoms with Crippen LogP contribution in [0, 0.1) is 5.41 Å². The Morgan fingerprint density at radius 1 is 1.38 bits per heavy atom. The summed E-state index contributed by atoms with van der Waals surface area (Å²) in [6, 6.07) is 6.54. The first-order valence-corrected chi connectivity index (χ1v) is 9.66. The number of piperidine rings is 1. The first kappa shape index (κ1) is 15.9. The van der Waals surface area contributed by atoms with Crippen molar-refractivity contribution in [1.29, 1.82) is 0 Å². The monoisotopic (exact) mass is 344 g/mol. The lowest BCUT2D eigenvalue weighted by Gasteiger charge is -2.56. The highest BCUT2D eigenvalue weighted by Gasteiger charge is 2.50. The molecule has 1 aliphatic heterocycles. The number of carbonyl (C=O) groups is 1. The van der Waals surface area contributed by atoms with Gasteiger partial charge in [0.2, 0.25) is 0 Å². The molecule has 5 heteroatoms. The van der Waals surface area contributed by atoms with Crippen molar-refractivity contribution in [2.45, 2.75) is 38.3 Å². The molecule has 1 saturated carbocycles. The Kier molecular flexibility index (Phi) is 4.22. The largest absolute Gasteiger partial charge is 0.468 e. The number of thiophene rings is 1. The van der Waals surface area contributed by atoms with Crippen molar-refractivity contribution in [3.63, 3.8) is 0 Å². The maximum absolute atomic E-state index is 12.5. The average Bonchev–Trinajstić information content (AvgIpc) is 3.26. The van der Waals surface area contributed by atoms with Gasteiger partial charge in [-0.1, -0.05) is 0 Å². The summed E-state index contributed by atoms with van der Waals surface area (Å²) in [5.41, 5.74) is 1.24. The molecule has 2 aliphatic rings. The van der Waals surface area contributed by atoms with Crippen LogP contribution < -0.4 is 0 Å². The number of carbonyl (C=O) groups excluding carboxylic acids is 1. The van der Waals surface area contributed by atoms with E-state index in [1.54, 1.807) is 17.6 Å². The summed E-state index contributed by atoms with van der Waals surface area (Å²) in [5.74, 6) is 1.23. The Morgan fingerprint density at radius 2 is 2.21 bits per heavy atom. The minimum atomic E-state index is 0.200. The van der Waals surface area contributed by atoms with Crippen LogP contribution in [0.3, 0.4) is 0 Å². The zero-order valence-electron chi connectivity index (χ0n) is 14.1. The van der Waals surface area contributed by atoms with E-state index in [1.807, 2.05) is 33.9 Å². The van der Waals surface area contributed by atoms with Gasteiger partial charge in [-0.15, -0.1) is 0 Å². The van der Waals surface area contributed by atoms with Gasteiger partial charge in [-0.05, 0) is 61.7 Å². The van der Waals surface area contributed by atoms with Crippen LogP contribution in [0.2, 0.25) is 0 Å². The molecule has 24 heavy (non-hydrogen) atoms. The van der Waals surface area contributed by atoms with Crippen molar-refractivity contribution in [2.75, 3.05) is 20.1 Å². The standard InChI is InChI=1S/C19H24N2O2S/c1-20(13-16-3-2-11-23-16)17-4-6-19(17)7-9-21(10-8-19)18(22)15-5-12-24-14-15/h2-3,5,11-12,14,17H,4,6-10,13H2,1H3. The summed E-state index contributed by atoms with van der Waals surface area (Å²) in [6.45, 7) is 2.65. The number of likely N-dealkylation sites (tertiary alicyclic amines) is 1. The molecule has 1 unspecified atom stereocenters. The Balaban J connectivity index is 1.36. The van der Waals surface area contributed by atoms with Crippen molar-refractivity contribution in [3.8, 4) is 0 Å². The van der Waals surface area contributed by atoms with Crippen LogP contribution in [-0.2, 0) is 6.54 Å². The van der Waals surface area contributed by atoms with E-state index in [0.717, 1.165) is 43.8 Å². The summed E-state index contributed by atoms with van der Waals surface area (Å²) in [7, 11) is 2.21. The second-order valence-corrected chi connectivity index (χ2v) is 8.00. The van der Waals surface area contributed by atoms with Crippen LogP contribution in [0.1, 0.15) is 41.8 Å². The number of furan rings is 1. The normalized spacial score (nSPS) is 22.8. The predicted octanol–water partition coefficient (Wildman–Crippen LogP) is 3.86. The van der Waals surface area contributed by atoms with Crippen molar-refractivity contribution in [1.82, 2.24) is 9.80 Å². The maximum Gasteiger partial charge on any atom is 0.254 e. The highest BCUT2D eigenvalue weighted by Crippen LogP contribution is 2.51. The van der Waals surface area contributed by atoms with E-state index in [0.29, 0.717) is 11.5 Å². The summed E-state index contributed by atoms with van der Waals surface area (Å²) < 4.78 is 5.49. The van der Waals surface area contributed by atoms with Crippen LogP contribution in [0.25, 0.3) is 0 Å². The Labute approximate surface area is 147 Å². The topological polar surface area (TPSA) is 36.7 Å². The highest BCUT2D eigenvalue weighted by molar-refractivity contribution is 7.08. The van der Waals surface area contributed by atoms with Crippen molar-refractivity contribution in [3.05, 3.63) is 46.5 Å². The van der Waals surface area contributed by atoms with E-state index in [-0.39, 0.29) is 5.91 Å². The summed E-state index contributed by atoms with van der Waals surface area (Å²) in [6.07, 6.45) is 6.54. The maximum atomic E-state index is 12.5. The fraction of sp³-hybridized carbons (Fsp3) is 0.526. The van der Waals surface area contributed by atoms with Gasteiger partial charge in [-0.3, -0.25) is 9.69 Å². The third-order valence-electron chi connectivity index (χ3n) is 5.95. The molecular formula is C19H24N2O2S. The van der Waals surface area contributed by atoms with Gasteiger partial charge in [-0.2, -0.15) is 11.3 Å². The molecule has 4 rings (SSSR count). The molecule has 1 saturated heterocycles. The second-order valence-electron chi connectivity index (χ2n) is 7.22. The fourth-order valence-corrected chi connectivity index (χ4v) is 5.06. The van der Waals surface area contributed by atoms with Gasteiger partial charge >= 0.3 is 0 Å². The van der Waals surface area contributed by atoms with E-state index >= 15 is 0 Å². The Bertz CT molecular complexity index is 672. The highest BCUT2D eigenvalue weighted by atomic mass is 32.1. The quantitative estimate of drug-likeness (QED) is 0.845. The minimum Gasteiger partial charge on any atom is -0.468 e. The van der Waals surface area contributed by atoms with Gasteiger partial charge in [0.25, 0.3) is 5.91 Å². The number of hydrogen-bond acceptors (Lipinski definition) is 4. The smallest absolute Gasteiger partial charge is 0.254 e. The third kappa shape index (κ3) is 2.80. The van der Waals surface area contributed by atoms with Crippen LogP contribution in [0.4, 0.5) is 0 Å². The minimum absolute atomic E-state index is 0.200. The van der Waals surface area contributed by atoms with Gasteiger partial charge in [0, 0.05) is 24.5 Å². The lowest BCUT2D eigenvalue weighted by atomic mass is 9.58. The zero-order valence-corrected chi connectivity index (χ0v) is 14.9. The molecule has 128 valence electrons. The van der Waals surface area contributed by atoms with E-state index in [4.69, 9.17) is 4.42 Å². The van der Waals surface area contributed by atoms with Crippen molar-refractivity contribution >= 4 is 17.2 Å². The lowest BCUT2D eigenvalue weighted by molar-refractivity contribution is -0.0590. The van der Waals surface area contributed by atoms with Gasteiger partial charge in [0.1, 0.15) is 5.76 Å². The van der Waals surface area contributed by atoms with E-state index in [9.17, 15) is 4.79 Å². The summed E-state index contributed by atoms with van der Waals surface area (Å²) >= 11 is 1.59. The number of hydrogen-bond donors (Lipinski definition) is 0. The van der Waals surface area contributed by atoms with Gasteiger partial charge in [0.15, 0.2) is 0 Å².